The molecule has 1 aliphatic carbocycles. The molecule has 27 heavy (non-hydrogen) atoms. The van der Waals surface area contributed by atoms with E-state index in [0.29, 0.717) is 24.5 Å². The zero-order valence-electron chi connectivity index (χ0n) is 16.7. The molecule has 3 rings (SSSR count). The maximum absolute atomic E-state index is 13.1. The standard InChI is InChI=1S/C20H29N3O4/c1-13-9-19(3,4)12-20(10-13)17(25)23(18(26)21-20)11-16(24)22(5)14(2)15-7-6-8-27-15/h6-8,13-14H,9-12H2,1-5H3,(H,21,26). The van der Waals surface area contributed by atoms with Crippen molar-refractivity contribution in [2.24, 2.45) is 11.3 Å². The number of rotatable bonds is 4. The number of urea groups is 1. The topological polar surface area (TPSA) is 82.9 Å². The molecule has 148 valence electrons. The molecule has 1 aromatic heterocycles. The van der Waals surface area contributed by atoms with E-state index in [0.717, 1.165) is 11.3 Å². The molecular formula is C20H29N3O4. The Hall–Kier alpha value is -2.31. The minimum absolute atomic E-state index is 0.0365. The summed E-state index contributed by atoms with van der Waals surface area (Å²) in [6.07, 6.45) is 3.78. The first-order chi connectivity index (χ1) is 12.5. The van der Waals surface area contributed by atoms with E-state index >= 15 is 0 Å². The fourth-order valence-electron chi connectivity index (χ4n) is 4.83. The molecule has 2 fully saturated rings. The predicted octanol–water partition coefficient (Wildman–Crippen LogP) is 2.94. The lowest BCUT2D eigenvalue weighted by atomic mass is 9.64. The number of hydrogen-bond donors (Lipinski definition) is 1. The van der Waals surface area contributed by atoms with Crippen LogP contribution in [0.1, 0.15) is 58.8 Å². The summed E-state index contributed by atoms with van der Waals surface area (Å²) in [6.45, 7) is 7.93. The van der Waals surface area contributed by atoms with Crippen molar-refractivity contribution in [2.75, 3.05) is 13.6 Å². The van der Waals surface area contributed by atoms with Gasteiger partial charge in [0, 0.05) is 7.05 Å². The molecule has 1 aromatic rings. The first kappa shape index (κ1) is 19.5. The molecule has 1 aliphatic heterocycles. The van der Waals surface area contributed by atoms with Crippen LogP contribution in [0.5, 0.6) is 0 Å². The minimum atomic E-state index is -0.885. The van der Waals surface area contributed by atoms with E-state index < -0.39 is 11.6 Å². The number of amides is 4. The van der Waals surface area contributed by atoms with Gasteiger partial charge in [0.2, 0.25) is 5.91 Å². The van der Waals surface area contributed by atoms with Gasteiger partial charge in [0.15, 0.2) is 0 Å². The molecule has 4 amide bonds. The molecule has 0 radical (unpaired) electrons. The van der Waals surface area contributed by atoms with Crippen LogP contribution >= 0.6 is 0 Å². The minimum Gasteiger partial charge on any atom is -0.467 e. The monoisotopic (exact) mass is 375 g/mol. The summed E-state index contributed by atoms with van der Waals surface area (Å²) in [5, 5.41) is 2.90. The highest BCUT2D eigenvalue weighted by Crippen LogP contribution is 2.46. The lowest BCUT2D eigenvalue weighted by Gasteiger charge is -2.43. The van der Waals surface area contributed by atoms with Crippen molar-refractivity contribution < 1.29 is 18.8 Å². The lowest BCUT2D eigenvalue weighted by Crippen LogP contribution is -2.54. The Kier molecular flexibility index (Phi) is 4.82. The summed E-state index contributed by atoms with van der Waals surface area (Å²) in [5.74, 6) is 0.403. The Morgan fingerprint density at radius 2 is 2.11 bits per heavy atom. The molecule has 7 heteroatoms. The van der Waals surface area contributed by atoms with Gasteiger partial charge < -0.3 is 14.6 Å². The van der Waals surface area contributed by atoms with E-state index in [-0.39, 0.29) is 29.8 Å². The van der Waals surface area contributed by atoms with E-state index in [2.05, 4.69) is 26.1 Å². The Labute approximate surface area is 160 Å². The number of carbonyl (C=O) groups is 3. The molecule has 1 saturated heterocycles. The Bertz CT molecular complexity index is 742. The van der Waals surface area contributed by atoms with Crippen LogP contribution in [0.2, 0.25) is 0 Å². The molecule has 1 spiro atoms. The Morgan fingerprint density at radius 1 is 1.41 bits per heavy atom. The van der Waals surface area contributed by atoms with Crippen molar-refractivity contribution in [2.45, 2.75) is 58.5 Å². The number of imide groups is 1. The lowest BCUT2D eigenvalue weighted by molar-refractivity contribution is -0.141. The van der Waals surface area contributed by atoms with Gasteiger partial charge in [0.05, 0.1) is 12.3 Å². The van der Waals surface area contributed by atoms with Crippen LogP contribution in [-0.2, 0) is 9.59 Å². The van der Waals surface area contributed by atoms with E-state index in [1.54, 1.807) is 25.4 Å². The smallest absolute Gasteiger partial charge is 0.325 e. The summed E-state index contributed by atoms with van der Waals surface area (Å²) in [7, 11) is 1.65. The van der Waals surface area contributed by atoms with Crippen LogP contribution in [-0.4, -0.2) is 46.8 Å². The predicted molar refractivity (Wildman–Crippen MR) is 99.7 cm³/mol. The van der Waals surface area contributed by atoms with Crippen LogP contribution in [0.3, 0.4) is 0 Å². The average molecular weight is 375 g/mol. The van der Waals surface area contributed by atoms with E-state index in [9.17, 15) is 14.4 Å². The SMILES string of the molecule is CC1CC(C)(C)CC2(C1)NC(=O)N(CC(=O)N(C)C(C)c1ccco1)C2=O. The van der Waals surface area contributed by atoms with Crippen LogP contribution in [0.25, 0.3) is 0 Å². The molecule has 7 nitrogen and oxygen atoms in total. The highest BCUT2D eigenvalue weighted by atomic mass is 16.3. The molecule has 1 N–H and O–H groups in total. The highest BCUT2D eigenvalue weighted by Gasteiger charge is 2.56. The first-order valence-corrected chi connectivity index (χ1v) is 9.48. The molecule has 3 unspecified atom stereocenters. The molecule has 2 heterocycles. The quantitative estimate of drug-likeness (QED) is 0.820. The molecule has 2 aliphatic rings. The van der Waals surface area contributed by atoms with Crippen molar-refractivity contribution in [3.05, 3.63) is 24.2 Å². The van der Waals surface area contributed by atoms with Crippen LogP contribution in [0, 0.1) is 11.3 Å². The number of carbonyl (C=O) groups excluding carboxylic acids is 3. The number of hydrogen-bond acceptors (Lipinski definition) is 4. The van der Waals surface area contributed by atoms with Gasteiger partial charge in [-0.05, 0) is 49.7 Å². The normalized spacial score (nSPS) is 28.3. The zero-order valence-corrected chi connectivity index (χ0v) is 16.7. The average Bonchev–Trinajstić information content (AvgIpc) is 3.15. The Morgan fingerprint density at radius 3 is 2.70 bits per heavy atom. The summed E-state index contributed by atoms with van der Waals surface area (Å²) in [6, 6.07) is 2.80. The summed E-state index contributed by atoms with van der Waals surface area (Å²) in [4.78, 5) is 40.9. The number of nitrogens with one attached hydrogen (secondary N) is 1. The fourth-order valence-corrected chi connectivity index (χ4v) is 4.83. The van der Waals surface area contributed by atoms with E-state index in [1.165, 1.54) is 4.90 Å². The van der Waals surface area contributed by atoms with Crippen molar-refractivity contribution in [3.63, 3.8) is 0 Å². The van der Waals surface area contributed by atoms with Gasteiger partial charge in [0.1, 0.15) is 17.8 Å². The van der Waals surface area contributed by atoms with E-state index in [1.807, 2.05) is 6.92 Å². The van der Waals surface area contributed by atoms with Gasteiger partial charge in [-0.15, -0.1) is 0 Å². The largest absolute Gasteiger partial charge is 0.467 e. The van der Waals surface area contributed by atoms with Gasteiger partial charge in [-0.25, -0.2) is 4.79 Å². The second-order valence-corrected chi connectivity index (χ2v) is 8.95. The second-order valence-electron chi connectivity index (χ2n) is 8.95. The summed E-state index contributed by atoms with van der Waals surface area (Å²) >= 11 is 0. The van der Waals surface area contributed by atoms with Gasteiger partial charge in [-0.1, -0.05) is 20.8 Å². The van der Waals surface area contributed by atoms with Gasteiger partial charge in [-0.2, -0.15) is 0 Å². The van der Waals surface area contributed by atoms with Gasteiger partial charge in [0.25, 0.3) is 5.91 Å². The van der Waals surface area contributed by atoms with Crippen molar-refractivity contribution in [3.8, 4) is 0 Å². The van der Waals surface area contributed by atoms with Crippen molar-refractivity contribution in [1.29, 1.82) is 0 Å². The first-order valence-electron chi connectivity index (χ1n) is 9.48. The third kappa shape index (κ3) is 3.59. The molecule has 0 bridgehead atoms. The molecule has 3 atom stereocenters. The summed E-state index contributed by atoms with van der Waals surface area (Å²) in [5.41, 5.74) is -0.922. The van der Waals surface area contributed by atoms with Crippen molar-refractivity contribution in [1.82, 2.24) is 15.1 Å². The third-order valence-corrected chi connectivity index (χ3v) is 5.85. The molecule has 0 aromatic carbocycles. The number of nitrogens with zero attached hydrogens (tertiary/aromatic N) is 2. The number of furan rings is 1. The van der Waals surface area contributed by atoms with Gasteiger partial charge >= 0.3 is 6.03 Å². The molecule has 1 saturated carbocycles. The maximum Gasteiger partial charge on any atom is 0.325 e. The fraction of sp³-hybridized carbons (Fsp3) is 0.650. The second kappa shape index (κ2) is 6.69. The number of likely N-dealkylation sites (N-methyl/N-ethyl adjacent to an activating group) is 1. The van der Waals surface area contributed by atoms with Crippen LogP contribution in [0.4, 0.5) is 4.79 Å². The maximum atomic E-state index is 13.1. The van der Waals surface area contributed by atoms with Crippen LogP contribution in [0.15, 0.2) is 22.8 Å². The van der Waals surface area contributed by atoms with E-state index in [4.69, 9.17) is 4.42 Å². The third-order valence-electron chi connectivity index (χ3n) is 5.85. The molecular weight excluding hydrogens is 346 g/mol. The Balaban J connectivity index is 1.73. The zero-order chi connectivity index (χ0) is 20.0. The van der Waals surface area contributed by atoms with Gasteiger partial charge in [-0.3, -0.25) is 14.5 Å². The highest BCUT2D eigenvalue weighted by molar-refractivity contribution is 6.09. The summed E-state index contributed by atoms with van der Waals surface area (Å²) < 4.78 is 5.35. The van der Waals surface area contributed by atoms with Crippen molar-refractivity contribution >= 4 is 17.8 Å². The van der Waals surface area contributed by atoms with Crippen LogP contribution < -0.4 is 5.32 Å².